The molecule has 2 rings (SSSR count). The molecule has 1 aromatic carbocycles. The number of benzene rings is 1. The molecular formula is C14H13F3N2. The first kappa shape index (κ1) is 13.5. The molecule has 0 N–H and O–H groups in total. The molecule has 0 radical (unpaired) electrons. The van der Waals surface area contributed by atoms with Crippen molar-refractivity contribution in [3.63, 3.8) is 0 Å². The molecule has 0 fully saturated rings. The van der Waals surface area contributed by atoms with Gasteiger partial charge in [-0.05, 0) is 23.6 Å². The minimum absolute atomic E-state index is 0.181. The van der Waals surface area contributed by atoms with Gasteiger partial charge in [-0.15, -0.1) is 0 Å². The highest BCUT2D eigenvalue weighted by atomic mass is 19.4. The monoisotopic (exact) mass is 266 g/mol. The van der Waals surface area contributed by atoms with Crippen LogP contribution in [0.5, 0.6) is 0 Å². The smallest absolute Gasteiger partial charge is 0.244 e. The van der Waals surface area contributed by atoms with E-state index in [1.165, 1.54) is 18.5 Å². The van der Waals surface area contributed by atoms with E-state index in [-0.39, 0.29) is 5.92 Å². The lowest BCUT2D eigenvalue weighted by Crippen LogP contribution is -2.04. The van der Waals surface area contributed by atoms with Gasteiger partial charge in [0.2, 0.25) is 0 Å². The second kappa shape index (κ2) is 4.99. The molecule has 5 heteroatoms. The molecule has 2 nitrogen and oxygen atoms in total. The van der Waals surface area contributed by atoms with Crippen LogP contribution in [0.4, 0.5) is 13.2 Å². The standard InChI is InChI=1S/C14H13F3N2/c1-9(2)13-12(7-18-8-19-13)10-3-5-11(6-4-10)14(15,16)17/h3-9H,1-2H3. The highest BCUT2D eigenvalue weighted by Gasteiger charge is 2.30. The van der Waals surface area contributed by atoms with E-state index in [0.29, 0.717) is 5.56 Å². The van der Waals surface area contributed by atoms with Gasteiger partial charge in [0.05, 0.1) is 11.3 Å². The van der Waals surface area contributed by atoms with Crippen LogP contribution in [-0.2, 0) is 6.18 Å². The number of aromatic nitrogens is 2. The Bertz CT molecular complexity index is 560. The highest BCUT2D eigenvalue weighted by molar-refractivity contribution is 5.65. The predicted molar refractivity (Wildman–Crippen MR) is 66.6 cm³/mol. The average Bonchev–Trinajstić information content (AvgIpc) is 2.38. The molecule has 0 aliphatic heterocycles. The van der Waals surface area contributed by atoms with Crippen LogP contribution < -0.4 is 0 Å². The number of hydrogen-bond acceptors (Lipinski definition) is 2. The van der Waals surface area contributed by atoms with Crippen molar-refractivity contribution in [1.82, 2.24) is 9.97 Å². The van der Waals surface area contributed by atoms with Crippen LogP contribution in [0.1, 0.15) is 31.0 Å². The van der Waals surface area contributed by atoms with Crippen molar-refractivity contribution >= 4 is 0 Å². The second-order valence-corrected chi connectivity index (χ2v) is 4.55. The SMILES string of the molecule is CC(C)c1ncncc1-c1ccc(C(F)(F)F)cc1. The second-order valence-electron chi connectivity index (χ2n) is 4.55. The predicted octanol–water partition coefficient (Wildman–Crippen LogP) is 4.29. The van der Waals surface area contributed by atoms with Crippen molar-refractivity contribution in [2.45, 2.75) is 25.9 Å². The summed E-state index contributed by atoms with van der Waals surface area (Å²) in [6, 6.07) is 5.06. The zero-order valence-electron chi connectivity index (χ0n) is 10.6. The zero-order chi connectivity index (χ0) is 14.0. The fraction of sp³-hybridized carbons (Fsp3) is 0.286. The average molecular weight is 266 g/mol. The van der Waals surface area contributed by atoms with Crippen molar-refractivity contribution in [3.8, 4) is 11.1 Å². The molecule has 0 saturated heterocycles. The molecule has 19 heavy (non-hydrogen) atoms. The van der Waals surface area contributed by atoms with E-state index < -0.39 is 11.7 Å². The number of nitrogens with zero attached hydrogens (tertiary/aromatic N) is 2. The lowest BCUT2D eigenvalue weighted by Gasteiger charge is -2.12. The van der Waals surface area contributed by atoms with Gasteiger partial charge in [-0.3, -0.25) is 0 Å². The maximum Gasteiger partial charge on any atom is 0.416 e. The highest BCUT2D eigenvalue weighted by Crippen LogP contribution is 2.32. The third-order valence-corrected chi connectivity index (χ3v) is 2.81. The Balaban J connectivity index is 2.43. The first-order valence-corrected chi connectivity index (χ1v) is 5.87. The van der Waals surface area contributed by atoms with Crippen molar-refractivity contribution in [3.05, 3.63) is 48.0 Å². The molecule has 0 amide bonds. The zero-order valence-corrected chi connectivity index (χ0v) is 10.6. The van der Waals surface area contributed by atoms with Crippen LogP contribution in [0, 0.1) is 0 Å². The van der Waals surface area contributed by atoms with Crippen LogP contribution in [0.3, 0.4) is 0 Å². The van der Waals surface area contributed by atoms with Crippen molar-refractivity contribution in [1.29, 1.82) is 0 Å². The molecule has 0 aliphatic rings. The van der Waals surface area contributed by atoms with Gasteiger partial charge >= 0.3 is 6.18 Å². The lowest BCUT2D eigenvalue weighted by atomic mass is 9.98. The van der Waals surface area contributed by atoms with Gasteiger partial charge in [-0.2, -0.15) is 13.2 Å². The summed E-state index contributed by atoms with van der Waals surface area (Å²) in [6.07, 6.45) is -1.24. The van der Waals surface area contributed by atoms with Crippen molar-refractivity contribution in [2.75, 3.05) is 0 Å². The van der Waals surface area contributed by atoms with Crippen LogP contribution >= 0.6 is 0 Å². The third kappa shape index (κ3) is 2.92. The molecule has 0 unspecified atom stereocenters. The Morgan fingerprint density at radius 1 is 1.05 bits per heavy atom. The fourth-order valence-electron chi connectivity index (χ4n) is 1.86. The first-order chi connectivity index (χ1) is 8.89. The van der Waals surface area contributed by atoms with E-state index in [4.69, 9.17) is 0 Å². The van der Waals surface area contributed by atoms with Crippen LogP contribution in [0.15, 0.2) is 36.8 Å². The summed E-state index contributed by atoms with van der Waals surface area (Å²) in [5.41, 5.74) is 1.64. The van der Waals surface area contributed by atoms with Gasteiger partial charge in [-0.25, -0.2) is 9.97 Å². The Morgan fingerprint density at radius 2 is 1.68 bits per heavy atom. The van der Waals surface area contributed by atoms with E-state index in [2.05, 4.69) is 9.97 Å². The minimum Gasteiger partial charge on any atom is -0.244 e. The number of alkyl halides is 3. The molecule has 0 saturated carbocycles. The summed E-state index contributed by atoms with van der Waals surface area (Å²) < 4.78 is 37.5. The van der Waals surface area contributed by atoms with E-state index >= 15 is 0 Å². The van der Waals surface area contributed by atoms with Gasteiger partial charge in [0.15, 0.2) is 0 Å². The molecule has 1 heterocycles. The quantitative estimate of drug-likeness (QED) is 0.810. The summed E-state index contributed by atoms with van der Waals surface area (Å²) in [6.45, 7) is 3.96. The lowest BCUT2D eigenvalue weighted by molar-refractivity contribution is -0.137. The van der Waals surface area contributed by atoms with Crippen LogP contribution in [0.25, 0.3) is 11.1 Å². The third-order valence-electron chi connectivity index (χ3n) is 2.81. The Kier molecular flexibility index (Phi) is 3.55. The van der Waals surface area contributed by atoms with E-state index in [9.17, 15) is 13.2 Å². The largest absolute Gasteiger partial charge is 0.416 e. The van der Waals surface area contributed by atoms with Crippen molar-refractivity contribution < 1.29 is 13.2 Å². The van der Waals surface area contributed by atoms with Crippen molar-refractivity contribution in [2.24, 2.45) is 0 Å². The molecular weight excluding hydrogens is 253 g/mol. The van der Waals surface area contributed by atoms with Crippen LogP contribution in [0.2, 0.25) is 0 Å². The van der Waals surface area contributed by atoms with Gasteiger partial charge < -0.3 is 0 Å². The number of rotatable bonds is 2. The fourth-order valence-corrected chi connectivity index (χ4v) is 1.86. The summed E-state index contributed by atoms with van der Waals surface area (Å²) in [5.74, 6) is 0.181. The van der Waals surface area contributed by atoms with Gasteiger partial charge in [-0.1, -0.05) is 26.0 Å². The molecule has 100 valence electrons. The summed E-state index contributed by atoms with van der Waals surface area (Å²) in [4.78, 5) is 8.13. The molecule has 0 aliphatic carbocycles. The van der Waals surface area contributed by atoms with Gasteiger partial charge in [0.1, 0.15) is 6.33 Å². The normalized spacial score (nSPS) is 11.9. The minimum atomic E-state index is -4.31. The van der Waals surface area contributed by atoms with E-state index in [1.807, 2.05) is 13.8 Å². The summed E-state index contributed by atoms with van der Waals surface area (Å²) >= 11 is 0. The molecule has 0 bridgehead atoms. The molecule has 2 aromatic rings. The maximum absolute atomic E-state index is 12.5. The summed E-state index contributed by atoms with van der Waals surface area (Å²) in [5, 5.41) is 0. The number of hydrogen-bond donors (Lipinski definition) is 0. The first-order valence-electron chi connectivity index (χ1n) is 5.87. The van der Waals surface area contributed by atoms with Crippen LogP contribution in [-0.4, -0.2) is 9.97 Å². The van der Waals surface area contributed by atoms with Gasteiger partial charge in [0.25, 0.3) is 0 Å². The Labute approximate surface area is 109 Å². The van der Waals surface area contributed by atoms with E-state index in [0.717, 1.165) is 23.4 Å². The molecule has 0 spiro atoms. The molecule has 0 atom stereocenters. The van der Waals surface area contributed by atoms with E-state index in [1.54, 1.807) is 6.20 Å². The Morgan fingerprint density at radius 3 is 2.21 bits per heavy atom. The summed E-state index contributed by atoms with van der Waals surface area (Å²) in [7, 11) is 0. The number of halogens is 3. The maximum atomic E-state index is 12.5. The topological polar surface area (TPSA) is 25.8 Å². The Hall–Kier alpha value is -1.91. The van der Waals surface area contributed by atoms with Gasteiger partial charge in [0, 0.05) is 11.8 Å². The molecule has 1 aromatic heterocycles.